The van der Waals surface area contributed by atoms with Crippen LogP contribution in [0.15, 0.2) is 36.4 Å². The second-order valence-corrected chi connectivity index (χ2v) is 12.2. The molecule has 0 radical (unpaired) electrons. The molecule has 37 heavy (non-hydrogen) atoms. The molecule has 0 heterocycles. The standard InChI is InChI=1S/2C12H18O.2H3O3PS.Zn/c2*1-4-10-7-8-12(13-6-3)11(5-2)9-10;2*1-4(2,3)5;/h2*7-9H,4-6H2,1-3H3;2*(H3,1,2,3,5);. The van der Waals surface area contributed by atoms with E-state index in [9.17, 15) is 0 Å². The summed E-state index contributed by atoms with van der Waals surface area (Å²) in [5.74, 6) is 2.09. The van der Waals surface area contributed by atoms with Crippen LogP contribution < -0.4 is 9.47 Å². The van der Waals surface area contributed by atoms with Gasteiger partial charge in [0.15, 0.2) is 0 Å². The van der Waals surface area contributed by atoms with Crippen LogP contribution in [0.4, 0.5) is 0 Å². The molecule has 0 saturated heterocycles. The first kappa shape index (κ1) is 41.2. The van der Waals surface area contributed by atoms with Crippen molar-refractivity contribution in [2.24, 2.45) is 0 Å². The largest absolute Gasteiger partial charge is 0.494 e. The van der Waals surface area contributed by atoms with Crippen molar-refractivity contribution in [2.45, 2.75) is 67.2 Å². The molecule has 0 bridgehead atoms. The molecule has 0 aliphatic heterocycles. The summed E-state index contributed by atoms with van der Waals surface area (Å²) in [6.07, 6.45) is 4.28. The van der Waals surface area contributed by atoms with Crippen molar-refractivity contribution in [2.75, 3.05) is 13.2 Å². The summed E-state index contributed by atoms with van der Waals surface area (Å²) in [6, 6.07) is 12.9. The van der Waals surface area contributed by atoms with Crippen LogP contribution in [0, 0.1) is 0 Å². The van der Waals surface area contributed by atoms with Gasteiger partial charge in [0.1, 0.15) is 11.5 Å². The Morgan fingerprint density at radius 3 is 1.03 bits per heavy atom. The number of ether oxygens (including phenoxy) is 2. The fraction of sp³-hybridized carbons (Fsp3) is 0.500. The first-order valence-corrected chi connectivity index (χ1v) is 17.0. The van der Waals surface area contributed by atoms with E-state index in [-0.39, 0.29) is 19.5 Å². The van der Waals surface area contributed by atoms with Crippen LogP contribution in [0.25, 0.3) is 0 Å². The molecular weight excluding hydrogens is 608 g/mol. The van der Waals surface area contributed by atoms with Gasteiger partial charge in [0, 0.05) is 19.5 Å². The average molecular weight is 650 g/mol. The summed E-state index contributed by atoms with van der Waals surface area (Å²) < 4.78 is 11.1. The molecule has 2 rings (SSSR count). The Morgan fingerprint density at radius 1 is 0.568 bits per heavy atom. The van der Waals surface area contributed by atoms with Gasteiger partial charge in [-0.15, -0.1) is 0 Å². The van der Waals surface area contributed by atoms with Crippen LogP contribution >= 0.6 is 13.4 Å². The van der Waals surface area contributed by atoms with E-state index in [1.165, 1.54) is 22.3 Å². The second-order valence-electron chi connectivity index (χ2n) is 7.19. The molecule has 2 aromatic carbocycles. The Balaban J connectivity index is -0.000000453. The van der Waals surface area contributed by atoms with E-state index in [0.717, 1.165) is 50.4 Å². The van der Waals surface area contributed by atoms with Crippen LogP contribution in [0.1, 0.15) is 63.8 Å². The van der Waals surface area contributed by atoms with Crippen LogP contribution in [0.2, 0.25) is 0 Å². The maximum Gasteiger partial charge on any atom is 0.319 e. The molecule has 0 aromatic heterocycles. The fourth-order valence-corrected chi connectivity index (χ4v) is 2.85. The van der Waals surface area contributed by atoms with E-state index < -0.39 is 13.4 Å². The molecule has 8 nitrogen and oxygen atoms in total. The number of hydrogen-bond acceptors (Lipinski definition) is 4. The third-order valence-corrected chi connectivity index (χ3v) is 4.43. The van der Waals surface area contributed by atoms with Crippen LogP contribution in [0.3, 0.4) is 0 Å². The molecule has 0 spiro atoms. The third-order valence-electron chi connectivity index (χ3n) is 4.43. The van der Waals surface area contributed by atoms with Gasteiger partial charge in [0.05, 0.1) is 13.2 Å². The minimum Gasteiger partial charge on any atom is -0.494 e. The fourth-order valence-electron chi connectivity index (χ4n) is 2.85. The van der Waals surface area contributed by atoms with Crippen molar-refractivity contribution in [1.82, 2.24) is 0 Å². The summed E-state index contributed by atoms with van der Waals surface area (Å²) in [5.41, 5.74) is 5.42. The van der Waals surface area contributed by atoms with Crippen molar-refractivity contribution in [3.63, 3.8) is 0 Å². The van der Waals surface area contributed by atoms with Gasteiger partial charge in [-0.3, -0.25) is 0 Å². The monoisotopic (exact) mass is 648 g/mol. The molecule has 0 aliphatic rings. The van der Waals surface area contributed by atoms with Crippen LogP contribution in [-0.4, -0.2) is 42.6 Å². The minimum atomic E-state index is -3.81. The Bertz CT molecular complexity index is 874. The predicted molar refractivity (Wildman–Crippen MR) is 155 cm³/mol. The number of benzene rings is 2. The van der Waals surface area contributed by atoms with Gasteiger partial charge >= 0.3 is 13.4 Å². The first-order valence-electron chi connectivity index (χ1n) is 11.7. The van der Waals surface area contributed by atoms with Gasteiger partial charge < -0.3 is 38.8 Å². The van der Waals surface area contributed by atoms with Crippen molar-refractivity contribution < 1.29 is 58.3 Å². The molecule has 0 unspecified atom stereocenters. The molecule has 0 amide bonds. The number of hydrogen-bond donors (Lipinski definition) is 6. The van der Waals surface area contributed by atoms with E-state index in [1.807, 2.05) is 13.8 Å². The molecular formula is C24H42O8P2S2Zn. The predicted octanol–water partition coefficient (Wildman–Crippen LogP) is 4.79. The zero-order valence-electron chi connectivity index (χ0n) is 22.6. The maximum absolute atomic E-state index is 7.56. The molecule has 6 N–H and O–H groups in total. The Labute approximate surface area is 245 Å². The van der Waals surface area contributed by atoms with Gasteiger partial charge in [-0.25, -0.2) is 0 Å². The third kappa shape index (κ3) is 25.7. The summed E-state index contributed by atoms with van der Waals surface area (Å²) >= 11 is 7.21. The minimum absolute atomic E-state index is 0. The van der Waals surface area contributed by atoms with E-state index in [1.54, 1.807) is 0 Å². The van der Waals surface area contributed by atoms with Crippen molar-refractivity contribution in [3.05, 3.63) is 58.7 Å². The number of aryl methyl sites for hydroxylation is 4. The van der Waals surface area contributed by atoms with E-state index >= 15 is 0 Å². The van der Waals surface area contributed by atoms with Gasteiger partial charge in [-0.1, -0.05) is 52.0 Å². The van der Waals surface area contributed by atoms with E-state index in [4.69, 9.17) is 38.8 Å². The zero-order chi connectivity index (χ0) is 28.4. The first-order chi connectivity index (χ1) is 16.6. The van der Waals surface area contributed by atoms with Crippen molar-refractivity contribution >= 4 is 37.1 Å². The molecule has 0 fully saturated rings. The Morgan fingerprint density at radius 2 is 0.838 bits per heavy atom. The average Bonchev–Trinajstić information content (AvgIpc) is 2.78. The van der Waals surface area contributed by atoms with Gasteiger partial charge in [-0.05, 0) is 97.5 Å². The summed E-state index contributed by atoms with van der Waals surface area (Å²) in [4.78, 5) is 45.3. The van der Waals surface area contributed by atoms with Crippen molar-refractivity contribution in [1.29, 1.82) is 0 Å². The van der Waals surface area contributed by atoms with Gasteiger partial charge in [-0.2, -0.15) is 0 Å². The molecule has 210 valence electrons. The van der Waals surface area contributed by atoms with Gasteiger partial charge in [0.2, 0.25) is 0 Å². The topological polar surface area (TPSA) is 140 Å². The van der Waals surface area contributed by atoms with Gasteiger partial charge in [0.25, 0.3) is 0 Å². The van der Waals surface area contributed by atoms with E-state index in [0.29, 0.717) is 0 Å². The summed E-state index contributed by atoms with van der Waals surface area (Å²) in [7, 11) is 0. The number of rotatable bonds is 8. The van der Waals surface area contributed by atoms with E-state index in [2.05, 4.69) is 87.7 Å². The zero-order valence-corrected chi connectivity index (χ0v) is 29.0. The second kappa shape index (κ2) is 22.5. The maximum atomic E-state index is 7.56. The molecule has 13 heteroatoms. The normalized spacial score (nSPS) is 10.3. The quantitative estimate of drug-likeness (QED) is 0.175. The van der Waals surface area contributed by atoms with Crippen LogP contribution in [0.5, 0.6) is 11.5 Å². The summed E-state index contributed by atoms with van der Waals surface area (Å²) in [6.45, 7) is 6.61. The molecule has 2 aromatic rings. The Kier molecular flexibility index (Phi) is 25.1. The molecule has 0 saturated carbocycles. The SMILES string of the molecule is CCOc1ccc(CC)cc1CC.CCOc1ccc(CC)cc1CC.OP(O)(O)=S.OP(O)(O)=S.[Zn]. The van der Waals surface area contributed by atoms with Crippen LogP contribution in [-0.2, 0) is 68.8 Å². The molecule has 0 aliphatic carbocycles. The summed E-state index contributed by atoms with van der Waals surface area (Å²) in [5, 5.41) is 0. The Hall–Kier alpha value is -0.277. The molecule has 0 atom stereocenters. The van der Waals surface area contributed by atoms with Crippen molar-refractivity contribution in [3.8, 4) is 11.5 Å². The smallest absolute Gasteiger partial charge is 0.319 e.